The maximum absolute atomic E-state index is 2.46. The lowest BCUT2D eigenvalue weighted by atomic mass is 9.96. The SMILES string of the molecule is C1=C(Cc2ccccc2)CC(Cc2ccccc2)=C1Cc1ccccc1. The Kier molecular flexibility index (Phi) is 5.12. The molecule has 0 unspecified atom stereocenters. The quantitative estimate of drug-likeness (QED) is 0.492. The summed E-state index contributed by atoms with van der Waals surface area (Å²) in [5.74, 6) is 0. The van der Waals surface area contributed by atoms with Crippen LogP contribution in [0.4, 0.5) is 0 Å². The second-order valence-corrected chi connectivity index (χ2v) is 7.10. The van der Waals surface area contributed by atoms with E-state index in [0.717, 1.165) is 25.7 Å². The molecule has 3 aromatic rings. The van der Waals surface area contributed by atoms with E-state index in [-0.39, 0.29) is 0 Å². The van der Waals surface area contributed by atoms with Crippen LogP contribution >= 0.6 is 0 Å². The Morgan fingerprint density at radius 1 is 0.500 bits per heavy atom. The summed E-state index contributed by atoms with van der Waals surface area (Å²) in [6.07, 6.45) is 6.70. The fourth-order valence-corrected chi connectivity index (χ4v) is 3.77. The van der Waals surface area contributed by atoms with Crippen molar-refractivity contribution in [2.24, 2.45) is 0 Å². The number of rotatable bonds is 6. The van der Waals surface area contributed by atoms with Gasteiger partial charge in [-0.05, 0) is 47.9 Å². The molecule has 0 amide bonds. The second-order valence-electron chi connectivity index (χ2n) is 7.10. The number of hydrogen-bond donors (Lipinski definition) is 0. The van der Waals surface area contributed by atoms with Crippen LogP contribution in [0, 0.1) is 0 Å². The standard InChI is InChI=1S/C26H24/c1-4-10-21(11-5-1)16-24-19-25(17-22-12-6-2-7-13-22)26(20-24)18-23-14-8-3-9-15-23/h1-15,19H,16-18,20H2. The van der Waals surface area contributed by atoms with Crippen molar-refractivity contribution in [2.45, 2.75) is 25.7 Å². The van der Waals surface area contributed by atoms with Gasteiger partial charge in [-0.2, -0.15) is 0 Å². The first-order chi connectivity index (χ1) is 12.9. The predicted octanol–water partition coefficient (Wildman–Crippen LogP) is 6.34. The van der Waals surface area contributed by atoms with Gasteiger partial charge in [-0.1, -0.05) is 108 Å². The first-order valence-corrected chi connectivity index (χ1v) is 9.39. The molecule has 0 spiro atoms. The molecule has 1 aliphatic rings. The van der Waals surface area contributed by atoms with E-state index >= 15 is 0 Å². The molecular formula is C26H24. The maximum atomic E-state index is 2.46. The highest BCUT2D eigenvalue weighted by molar-refractivity contribution is 5.45. The fraction of sp³-hybridized carbons (Fsp3) is 0.154. The van der Waals surface area contributed by atoms with Gasteiger partial charge < -0.3 is 0 Å². The van der Waals surface area contributed by atoms with Gasteiger partial charge in [0.1, 0.15) is 0 Å². The lowest BCUT2D eigenvalue weighted by Crippen LogP contribution is -1.95. The van der Waals surface area contributed by atoms with E-state index in [9.17, 15) is 0 Å². The molecule has 0 radical (unpaired) electrons. The van der Waals surface area contributed by atoms with Crippen LogP contribution in [-0.4, -0.2) is 0 Å². The van der Waals surface area contributed by atoms with Crippen LogP contribution in [-0.2, 0) is 19.3 Å². The highest BCUT2D eigenvalue weighted by Crippen LogP contribution is 2.32. The minimum atomic E-state index is 1.03. The lowest BCUT2D eigenvalue weighted by molar-refractivity contribution is 0.981. The lowest BCUT2D eigenvalue weighted by Gasteiger charge is -2.09. The zero-order valence-corrected chi connectivity index (χ0v) is 15.1. The van der Waals surface area contributed by atoms with Crippen LogP contribution in [0.15, 0.2) is 114 Å². The van der Waals surface area contributed by atoms with E-state index in [2.05, 4.69) is 97.1 Å². The van der Waals surface area contributed by atoms with Crippen LogP contribution in [0.1, 0.15) is 23.1 Å². The molecule has 0 saturated carbocycles. The van der Waals surface area contributed by atoms with Crippen LogP contribution in [0.25, 0.3) is 0 Å². The molecule has 0 fully saturated rings. The van der Waals surface area contributed by atoms with Crippen molar-refractivity contribution in [1.29, 1.82) is 0 Å². The highest BCUT2D eigenvalue weighted by atomic mass is 14.2. The first-order valence-electron chi connectivity index (χ1n) is 9.39. The molecule has 0 aromatic heterocycles. The normalized spacial score (nSPS) is 13.8. The van der Waals surface area contributed by atoms with Crippen LogP contribution < -0.4 is 0 Å². The second kappa shape index (κ2) is 8.01. The molecule has 4 rings (SSSR count). The summed E-state index contributed by atoms with van der Waals surface area (Å²) >= 11 is 0. The minimum Gasteiger partial charge on any atom is -0.0622 e. The molecule has 0 heterocycles. The zero-order chi connectivity index (χ0) is 17.6. The third-order valence-corrected chi connectivity index (χ3v) is 5.04. The summed E-state index contributed by atoms with van der Waals surface area (Å²) in [7, 11) is 0. The molecule has 3 aromatic carbocycles. The Hall–Kier alpha value is -2.86. The molecule has 0 N–H and O–H groups in total. The summed E-state index contributed by atoms with van der Waals surface area (Å²) < 4.78 is 0. The van der Waals surface area contributed by atoms with Crippen molar-refractivity contribution in [3.8, 4) is 0 Å². The third kappa shape index (κ3) is 4.21. The van der Waals surface area contributed by atoms with Gasteiger partial charge in [0.25, 0.3) is 0 Å². The van der Waals surface area contributed by atoms with Gasteiger partial charge in [-0.3, -0.25) is 0 Å². The Balaban J connectivity index is 1.57. The van der Waals surface area contributed by atoms with Crippen molar-refractivity contribution < 1.29 is 0 Å². The Bertz CT molecular complexity index is 900. The third-order valence-electron chi connectivity index (χ3n) is 5.04. The Morgan fingerprint density at radius 2 is 0.962 bits per heavy atom. The smallest absolute Gasteiger partial charge is 0.00260 e. The predicted molar refractivity (Wildman–Crippen MR) is 110 cm³/mol. The molecule has 0 aliphatic heterocycles. The topological polar surface area (TPSA) is 0 Å². The van der Waals surface area contributed by atoms with Gasteiger partial charge in [0.05, 0.1) is 0 Å². The largest absolute Gasteiger partial charge is 0.0622 e. The molecule has 128 valence electrons. The van der Waals surface area contributed by atoms with Crippen molar-refractivity contribution in [2.75, 3.05) is 0 Å². The summed E-state index contributed by atoms with van der Waals surface area (Å²) in [6, 6.07) is 32.5. The molecular weight excluding hydrogens is 312 g/mol. The van der Waals surface area contributed by atoms with Gasteiger partial charge in [0.2, 0.25) is 0 Å². The average molecular weight is 336 g/mol. The summed E-state index contributed by atoms with van der Waals surface area (Å²) in [6.45, 7) is 0. The van der Waals surface area contributed by atoms with Crippen LogP contribution in [0.5, 0.6) is 0 Å². The molecule has 0 saturated heterocycles. The Labute approximate surface area is 156 Å². The van der Waals surface area contributed by atoms with Gasteiger partial charge in [-0.25, -0.2) is 0 Å². The van der Waals surface area contributed by atoms with Gasteiger partial charge in [0.15, 0.2) is 0 Å². The molecule has 0 heteroatoms. The summed E-state index contributed by atoms with van der Waals surface area (Å²) in [4.78, 5) is 0. The minimum absolute atomic E-state index is 1.03. The zero-order valence-electron chi connectivity index (χ0n) is 15.1. The van der Waals surface area contributed by atoms with Gasteiger partial charge >= 0.3 is 0 Å². The van der Waals surface area contributed by atoms with E-state index in [0.29, 0.717) is 0 Å². The van der Waals surface area contributed by atoms with Crippen LogP contribution in [0.2, 0.25) is 0 Å². The number of benzene rings is 3. The monoisotopic (exact) mass is 336 g/mol. The van der Waals surface area contributed by atoms with E-state index in [4.69, 9.17) is 0 Å². The van der Waals surface area contributed by atoms with Gasteiger partial charge in [0, 0.05) is 0 Å². The van der Waals surface area contributed by atoms with E-state index in [1.54, 1.807) is 5.57 Å². The molecule has 0 bridgehead atoms. The molecule has 0 nitrogen and oxygen atoms in total. The summed E-state index contributed by atoms with van der Waals surface area (Å²) in [5.41, 5.74) is 8.82. The first kappa shape index (κ1) is 16.6. The van der Waals surface area contributed by atoms with E-state index < -0.39 is 0 Å². The van der Waals surface area contributed by atoms with Crippen molar-refractivity contribution in [3.05, 3.63) is 130 Å². The van der Waals surface area contributed by atoms with E-state index in [1.807, 2.05) is 0 Å². The molecule has 26 heavy (non-hydrogen) atoms. The fourth-order valence-electron chi connectivity index (χ4n) is 3.77. The number of allylic oxidation sites excluding steroid dienone is 4. The van der Waals surface area contributed by atoms with Crippen molar-refractivity contribution >= 4 is 0 Å². The number of hydrogen-bond acceptors (Lipinski definition) is 0. The van der Waals surface area contributed by atoms with Crippen molar-refractivity contribution in [3.63, 3.8) is 0 Å². The summed E-state index contributed by atoms with van der Waals surface area (Å²) in [5, 5.41) is 0. The molecule has 1 aliphatic carbocycles. The van der Waals surface area contributed by atoms with Crippen LogP contribution in [0.3, 0.4) is 0 Å². The average Bonchev–Trinajstić information content (AvgIpc) is 3.05. The Morgan fingerprint density at radius 3 is 1.50 bits per heavy atom. The van der Waals surface area contributed by atoms with Gasteiger partial charge in [-0.15, -0.1) is 0 Å². The highest BCUT2D eigenvalue weighted by Gasteiger charge is 2.17. The van der Waals surface area contributed by atoms with Crippen molar-refractivity contribution in [1.82, 2.24) is 0 Å². The van der Waals surface area contributed by atoms with E-state index in [1.165, 1.54) is 27.8 Å². The maximum Gasteiger partial charge on any atom is -0.00260 e. The molecule has 0 atom stereocenters.